The molecular formula is C13H12ClNO. The summed E-state index contributed by atoms with van der Waals surface area (Å²) in [5, 5.41) is 18.6. The first-order valence-electron chi connectivity index (χ1n) is 5.25. The van der Waals surface area contributed by atoms with Gasteiger partial charge in [-0.2, -0.15) is 5.26 Å². The van der Waals surface area contributed by atoms with E-state index in [0.717, 1.165) is 29.0 Å². The number of benzene rings is 1. The van der Waals surface area contributed by atoms with Gasteiger partial charge in [0.2, 0.25) is 0 Å². The average molecular weight is 234 g/mol. The fraction of sp³-hybridized carbons (Fsp3) is 0.308. The van der Waals surface area contributed by atoms with Crippen LogP contribution in [0.15, 0.2) is 23.8 Å². The molecule has 82 valence electrons. The van der Waals surface area contributed by atoms with Crippen molar-refractivity contribution in [1.29, 1.82) is 5.26 Å². The zero-order chi connectivity index (χ0) is 11.5. The van der Waals surface area contributed by atoms with Crippen LogP contribution in [0.3, 0.4) is 0 Å². The van der Waals surface area contributed by atoms with Crippen LogP contribution >= 0.6 is 11.6 Å². The van der Waals surface area contributed by atoms with Gasteiger partial charge in [-0.15, -0.1) is 0 Å². The minimum Gasteiger partial charge on any atom is -0.378 e. The van der Waals surface area contributed by atoms with Crippen LogP contribution in [-0.4, -0.2) is 11.2 Å². The van der Waals surface area contributed by atoms with Crippen LogP contribution in [0.4, 0.5) is 0 Å². The van der Waals surface area contributed by atoms with Gasteiger partial charge in [0, 0.05) is 11.4 Å². The maximum atomic E-state index is 9.29. The molecule has 2 nitrogen and oxygen atoms in total. The van der Waals surface area contributed by atoms with Crippen molar-refractivity contribution in [1.82, 2.24) is 0 Å². The third-order valence-electron chi connectivity index (χ3n) is 2.81. The molecule has 1 N–H and O–H groups in total. The number of aryl methyl sites for hydroxylation is 1. The number of rotatable bonds is 2. The lowest BCUT2D eigenvalue weighted by molar-refractivity contribution is 0.229. The molecule has 2 rings (SSSR count). The molecule has 1 atom stereocenters. The average Bonchev–Trinajstić information content (AvgIpc) is 2.30. The lowest BCUT2D eigenvalue weighted by atomic mass is 9.90. The molecule has 0 saturated carbocycles. The molecule has 1 aromatic carbocycles. The lowest BCUT2D eigenvalue weighted by Gasteiger charge is -2.17. The van der Waals surface area contributed by atoms with Gasteiger partial charge < -0.3 is 5.11 Å². The summed E-state index contributed by atoms with van der Waals surface area (Å²) in [7, 11) is 0. The molecule has 16 heavy (non-hydrogen) atoms. The summed E-state index contributed by atoms with van der Waals surface area (Å²) in [6.07, 6.45) is 3.34. The monoisotopic (exact) mass is 233 g/mol. The molecule has 0 aliphatic heterocycles. The molecule has 3 heteroatoms. The van der Waals surface area contributed by atoms with Gasteiger partial charge in [0.05, 0.1) is 6.07 Å². The van der Waals surface area contributed by atoms with Gasteiger partial charge in [-0.1, -0.05) is 35.4 Å². The molecule has 0 radical (unpaired) electrons. The van der Waals surface area contributed by atoms with E-state index in [2.05, 4.69) is 6.07 Å². The third-order valence-corrected chi connectivity index (χ3v) is 3.14. The van der Waals surface area contributed by atoms with Crippen LogP contribution in [0.2, 0.25) is 5.02 Å². The summed E-state index contributed by atoms with van der Waals surface area (Å²) in [5.74, 6) is 0. The van der Waals surface area contributed by atoms with E-state index in [4.69, 9.17) is 16.9 Å². The van der Waals surface area contributed by atoms with Crippen molar-refractivity contribution in [2.24, 2.45) is 0 Å². The van der Waals surface area contributed by atoms with Crippen molar-refractivity contribution in [2.45, 2.75) is 25.4 Å². The normalized spacial score (nSPS) is 15.9. The van der Waals surface area contributed by atoms with Gasteiger partial charge in [-0.25, -0.2) is 0 Å². The molecule has 0 saturated heterocycles. The summed E-state index contributed by atoms with van der Waals surface area (Å²) < 4.78 is 0. The molecule has 0 bridgehead atoms. The van der Waals surface area contributed by atoms with E-state index in [1.165, 1.54) is 5.56 Å². The first-order chi connectivity index (χ1) is 7.70. The molecule has 0 heterocycles. The third kappa shape index (κ3) is 2.27. The Morgan fingerprint density at radius 1 is 1.44 bits per heavy atom. The Morgan fingerprint density at radius 3 is 3.00 bits per heavy atom. The number of aliphatic hydroxyl groups is 1. The van der Waals surface area contributed by atoms with Crippen molar-refractivity contribution in [2.75, 3.05) is 0 Å². The maximum absolute atomic E-state index is 9.29. The van der Waals surface area contributed by atoms with E-state index in [0.29, 0.717) is 6.42 Å². The largest absolute Gasteiger partial charge is 0.378 e. The number of aliphatic hydroxyl groups excluding tert-OH is 1. The second-order valence-electron chi connectivity index (χ2n) is 3.96. The highest BCUT2D eigenvalue weighted by Gasteiger charge is 2.14. The summed E-state index contributed by atoms with van der Waals surface area (Å²) in [4.78, 5) is 0. The highest BCUT2D eigenvalue weighted by atomic mass is 35.5. The highest BCUT2D eigenvalue weighted by molar-refractivity contribution is 6.32. The van der Waals surface area contributed by atoms with Crippen LogP contribution in [0, 0.1) is 11.3 Å². The molecule has 1 aliphatic rings. The van der Waals surface area contributed by atoms with E-state index in [1.807, 2.05) is 24.3 Å². The summed E-state index contributed by atoms with van der Waals surface area (Å²) in [6.45, 7) is 0. The van der Waals surface area contributed by atoms with E-state index in [-0.39, 0.29) is 0 Å². The van der Waals surface area contributed by atoms with Crippen LogP contribution in [0.25, 0.3) is 6.08 Å². The van der Waals surface area contributed by atoms with Gasteiger partial charge in [0.1, 0.15) is 6.10 Å². The smallest absolute Gasteiger partial charge is 0.144 e. The number of hydrogen-bond donors (Lipinski definition) is 1. The first-order valence-corrected chi connectivity index (χ1v) is 5.63. The Kier molecular flexibility index (Phi) is 3.28. The predicted molar refractivity (Wildman–Crippen MR) is 64.0 cm³/mol. The van der Waals surface area contributed by atoms with Gasteiger partial charge >= 0.3 is 0 Å². The highest BCUT2D eigenvalue weighted by Crippen LogP contribution is 2.31. The molecule has 1 aliphatic carbocycles. The fourth-order valence-corrected chi connectivity index (χ4v) is 2.24. The van der Waals surface area contributed by atoms with Crippen LogP contribution < -0.4 is 0 Å². The standard InChI is InChI=1S/C13H12ClNO/c14-13-3-1-2-10-5-4-9(7-12(10)13)6-11(16)8-15/h1-3,7,11,16H,4-6H2. The van der Waals surface area contributed by atoms with E-state index in [9.17, 15) is 5.11 Å². The SMILES string of the molecule is N#CC(O)CC1=Cc2c(Cl)cccc2CC1. The summed E-state index contributed by atoms with van der Waals surface area (Å²) >= 11 is 6.11. The van der Waals surface area contributed by atoms with E-state index in [1.54, 1.807) is 0 Å². The van der Waals surface area contributed by atoms with Crippen molar-refractivity contribution in [3.05, 3.63) is 39.9 Å². The Morgan fingerprint density at radius 2 is 2.25 bits per heavy atom. The van der Waals surface area contributed by atoms with E-state index >= 15 is 0 Å². The van der Waals surface area contributed by atoms with Crippen LogP contribution in [0.1, 0.15) is 24.0 Å². The van der Waals surface area contributed by atoms with Gasteiger partial charge in [-0.05, 0) is 30.0 Å². The molecule has 1 aromatic rings. The van der Waals surface area contributed by atoms with Crippen molar-refractivity contribution < 1.29 is 5.11 Å². The quantitative estimate of drug-likeness (QED) is 0.799. The Balaban J connectivity index is 2.28. The van der Waals surface area contributed by atoms with Gasteiger partial charge in [0.15, 0.2) is 0 Å². The topological polar surface area (TPSA) is 44.0 Å². The number of hydrogen-bond acceptors (Lipinski definition) is 2. The minimum atomic E-state index is -0.907. The van der Waals surface area contributed by atoms with Crippen molar-refractivity contribution in [3.8, 4) is 6.07 Å². The Labute approximate surface area is 99.8 Å². The number of nitriles is 1. The van der Waals surface area contributed by atoms with E-state index < -0.39 is 6.10 Å². The molecule has 1 unspecified atom stereocenters. The molecule has 0 spiro atoms. The first kappa shape index (κ1) is 11.2. The summed E-state index contributed by atoms with van der Waals surface area (Å²) in [5.41, 5.74) is 3.37. The van der Waals surface area contributed by atoms with Crippen molar-refractivity contribution >= 4 is 17.7 Å². The molecule has 0 fully saturated rings. The zero-order valence-corrected chi connectivity index (χ0v) is 9.54. The Bertz CT molecular complexity index is 473. The van der Waals surface area contributed by atoms with Crippen LogP contribution in [-0.2, 0) is 6.42 Å². The summed E-state index contributed by atoms with van der Waals surface area (Å²) in [6, 6.07) is 7.71. The maximum Gasteiger partial charge on any atom is 0.144 e. The van der Waals surface area contributed by atoms with Crippen LogP contribution in [0.5, 0.6) is 0 Å². The zero-order valence-electron chi connectivity index (χ0n) is 8.78. The number of fused-ring (bicyclic) bond motifs is 1. The Hall–Kier alpha value is -1.30. The molecular weight excluding hydrogens is 222 g/mol. The second-order valence-corrected chi connectivity index (χ2v) is 4.37. The second kappa shape index (κ2) is 4.69. The minimum absolute atomic E-state index is 0.418. The molecule has 0 amide bonds. The van der Waals surface area contributed by atoms with Gasteiger partial charge in [-0.3, -0.25) is 0 Å². The predicted octanol–water partition coefficient (Wildman–Crippen LogP) is 2.94. The molecule has 0 aromatic heterocycles. The number of nitrogens with zero attached hydrogens (tertiary/aromatic N) is 1. The lowest BCUT2D eigenvalue weighted by Crippen LogP contribution is -2.07. The van der Waals surface area contributed by atoms with Crippen molar-refractivity contribution in [3.63, 3.8) is 0 Å². The van der Waals surface area contributed by atoms with Gasteiger partial charge in [0.25, 0.3) is 0 Å². The fourth-order valence-electron chi connectivity index (χ4n) is 1.99. The number of halogens is 1.